The fourth-order valence-corrected chi connectivity index (χ4v) is 2.56. The molecule has 0 amide bonds. The summed E-state index contributed by atoms with van der Waals surface area (Å²) in [4.78, 5) is 0. The van der Waals surface area contributed by atoms with Crippen molar-refractivity contribution in [2.45, 2.75) is 26.7 Å². The predicted octanol–water partition coefficient (Wildman–Crippen LogP) is 0.750. The topological polar surface area (TPSA) is 52.7 Å². The van der Waals surface area contributed by atoms with Gasteiger partial charge in [0.2, 0.25) is 0 Å². The van der Waals surface area contributed by atoms with E-state index in [0.717, 1.165) is 19.4 Å². The molecular formula is C11H27N3O2S. The lowest BCUT2D eigenvalue weighted by molar-refractivity contribution is 0.372. The summed E-state index contributed by atoms with van der Waals surface area (Å²) in [6, 6.07) is 0. The number of rotatable bonds is 9. The van der Waals surface area contributed by atoms with Gasteiger partial charge in [-0.2, -0.15) is 17.0 Å². The standard InChI is InChI=1S/C11H27N3O2S/c1-11(2)7-10-14(5)17(15,16)13(4)9-6-8-12-3/h11-12H,6-10H2,1-5H3. The summed E-state index contributed by atoms with van der Waals surface area (Å²) in [7, 11) is 1.87. The lowest BCUT2D eigenvalue weighted by Gasteiger charge is -2.24. The van der Waals surface area contributed by atoms with Gasteiger partial charge in [-0.3, -0.25) is 0 Å². The minimum absolute atomic E-state index is 0.516. The third-order valence-corrected chi connectivity index (χ3v) is 4.65. The Balaban J connectivity index is 4.23. The molecule has 0 aromatic heterocycles. The van der Waals surface area contributed by atoms with Crippen LogP contribution in [0.15, 0.2) is 0 Å². The van der Waals surface area contributed by atoms with E-state index in [1.807, 2.05) is 7.05 Å². The highest BCUT2D eigenvalue weighted by molar-refractivity contribution is 7.86. The van der Waals surface area contributed by atoms with Gasteiger partial charge in [-0.1, -0.05) is 13.8 Å². The zero-order valence-corrected chi connectivity index (χ0v) is 12.5. The number of hydrogen-bond acceptors (Lipinski definition) is 3. The molecule has 1 N–H and O–H groups in total. The molecule has 6 heteroatoms. The van der Waals surface area contributed by atoms with Gasteiger partial charge in [-0.25, -0.2) is 0 Å². The van der Waals surface area contributed by atoms with E-state index in [4.69, 9.17) is 0 Å². The summed E-state index contributed by atoms with van der Waals surface area (Å²) in [5, 5.41) is 3.01. The zero-order valence-electron chi connectivity index (χ0n) is 11.7. The summed E-state index contributed by atoms with van der Waals surface area (Å²) >= 11 is 0. The van der Waals surface area contributed by atoms with Crippen LogP contribution in [-0.2, 0) is 10.2 Å². The van der Waals surface area contributed by atoms with Gasteiger partial charge < -0.3 is 5.32 Å². The van der Waals surface area contributed by atoms with Crippen molar-refractivity contribution in [2.75, 3.05) is 40.8 Å². The van der Waals surface area contributed by atoms with E-state index < -0.39 is 10.2 Å². The number of hydrogen-bond donors (Lipinski definition) is 1. The second-order valence-electron chi connectivity index (χ2n) is 4.79. The minimum atomic E-state index is -3.28. The molecule has 17 heavy (non-hydrogen) atoms. The van der Waals surface area contributed by atoms with Gasteiger partial charge in [0.05, 0.1) is 0 Å². The molecular weight excluding hydrogens is 238 g/mol. The molecule has 0 rings (SSSR count). The largest absolute Gasteiger partial charge is 0.320 e. The molecule has 0 aliphatic carbocycles. The average molecular weight is 265 g/mol. The maximum Gasteiger partial charge on any atom is 0.281 e. The molecule has 104 valence electrons. The summed E-state index contributed by atoms with van der Waals surface area (Å²) in [6.07, 6.45) is 1.71. The Morgan fingerprint density at radius 1 is 1.12 bits per heavy atom. The first-order valence-corrected chi connectivity index (χ1v) is 7.54. The Bertz CT molecular complexity index is 291. The number of nitrogens with zero attached hydrogens (tertiary/aromatic N) is 2. The summed E-state index contributed by atoms with van der Waals surface area (Å²) in [5.74, 6) is 0.516. The summed E-state index contributed by atoms with van der Waals surface area (Å²) < 4.78 is 27.0. The summed E-state index contributed by atoms with van der Waals surface area (Å²) in [5.41, 5.74) is 0. The van der Waals surface area contributed by atoms with Crippen LogP contribution < -0.4 is 5.32 Å². The van der Waals surface area contributed by atoms with Crippen LogP contribution in [0.25, 0.3) is 0 Å². The molecule has 0 aliphatic rings. The fourth-order valence-electron chi connectivity index (χ4n) is 1.39. The normalized spacial score (nSPS) is 12.9. The van der Waals surface area contributed by atoms with Crippen LogP contribution in [-0.4, -0.2) is 57.8 Å². The maximum absolute atomic E-state index is 12.1. The van der Waals surface area contributed by atoms with Crippen LogP contribution in [0.3, 0.4) is 0 Å². The second-order valence-corrected chi connectivity index (χ2v) is 6.93. The highest BCUT2D eigenvalue weighted by atomic mass is 32.2. The van der Waals surface area contributed by atoms with Gasteiger partial charge in [0.15, 0.2) is 0 Å². The monoisotopic (exact) mass is 265 g/mol. The predicted molar refractivity (Wildman–Crippen MR) is 72.2 cm³/mol. The Kier molecular flexibility index (Phi) is 7.94. The lowest BCUT2D eigenvalue weighted by Crippen LogP contribution is -2.41. The Morgan fingerprint density at radius 3 is 2.12 bits per heavy atom. The zero-order chi connectivity index (χ0) is 13.5. The van der Waals surface area contributed by atoms with Crippen LogP contribution >= 0.6 is 0 Å². The first kappa shape index (κ1) is 16.8. The minimum Gasteiger partial charge on any atom is -0.320 e. The van der Waals surface area contributed by atoms with Crippen LogP contribution in [0.1, 0.15) is 26.7 Å². The van der Waals surface area contributed by atoms with E-state index >= 15 is 0 Å². The molecule has 0 bridgehead atoms. The molecule has 0 aromatic rings. The molecule has 0 saturated carbocycles. The third kappa shape index (κ3) is 6.35. The molecule has 0 radical (unpaired) electrons. The molecule has 0 unspecified atom stereocenters. The van der Waals surface area contributed by atoms with Crippen LogP contribution in [0.4, 0.5) is 0 Å². The smallest absolute Gasteiger partial charge is 0.281 e. The average Bonchev–Trinajstić information content (AvgIpc) is 2.25. The SMILES string of the molecule is CNCCCN(C)S(=O)(=O)N(C)CCC(C)C. The van der Waals surface area contributed by atoms with Gasteiger partial charge in [-0.15, -0.1) is 0 Å². The fraction of sp³-hybridized carbons (Fsp3) is 1.00. The third-order valence-electron chi connectivity index (χ3n) is 2.71. The van der Waals surface area contributed by atoms with E-state index in [1.165, 1.54) is 8.61 Å². The Labute approximate surface area is 106 Å². The first-order chi connectivity index (χ1) is 7.82. The molecule has 5 nitrogen and oxygen atoms in total. The van der Waals surface area contributed by atoms with Crippen molar-refractivity contribution in [3.8, 4) is 0 Å². The quantitative estimate of drug-likeness (QED) is 0.626. The van der Waals surface area contributed by atoms with E-state index in [1.54, 1.807) is 14.1 Å². The molecule has 0 atom stereocenters. The molecule has 0 aliphatic heterocycles. The van der Waals surface area contributed by atoms with Crippen molar-refractivity contribution in [1.29, 1.82) is 0 Å². The van der Waals surface area contributed by atoms with Crippen molar-refractivity contribution in [3.05, 3.63) is 0 Å². The van der Waals surface area contributed by atoms with Crippen LogP contribution in [0, 0.1) is 5.92 Å². The Hall–Kier alpha value is -0.170. The van der Waals surface area contributed by atoms with Crippen molar-refractivity contribution >= 4 is 10.2 Å². The molecule has 0 heterocycles. The second kappa shape index (κ2) is 8.02. The van der Waals surface area contributed by atoms with Crippen LogP contribution in [0.5, 0.6) is 0 Å². The Morgan fingerprint density at radius 2 is 1.65 bits per heavy atom. The van der Waals surface area contributed by atoms with Crippen molar-refractivity contribution in [2.24, 2.45) is 5.92 Å². The molecule has 0 fully saturated rings. The highest BCUT2D eigenvalue weighted by Gasteiger charge is 2.22. The van der Waals surface area contributed by atoms with E-state index in [-0.39, 0.29) is 0 Å². The molecule has 0 aromatic carbocycles. The first-order valence-electron chi connectivity index (χ1n) is 6.14. The van der Waals surface area contributed by atoms with Gasteiger partial charge in [0.25, 0.3) is 10.2 Å². The van der Waals surface area contributed by atoms with Crippen molar-refractivity contribution < 1.29 is 8.42 Å². The summed E-state index contributed by atoms with van der Waals surface area (Å²) in [6.45, 7) is 6.15. The molecule has 0 saturated heterocycles. The molecule has 0 spiro atoms. The van der Waals surface area contributed by atoms with Crippen molar-refractivity contribution in [3.63, 3.8) is 0 Å². The lowest BCUT2D eigenvalue weighted by atomic mass is 10.1. The maximum atomic E-state index is 12.1. The van der Waals surface area contributed by atoms with Crippen LogP contribution in [0.2, 0.25) is 0 Å². The van der Waals surface area contributed by atoms with Gasteiger partial charge >= 0.3 is 0 Å². The number of nitrogens with one attached hydrogen (secondary N) is 1. The van der Waals surface area contributed by atoms with Gasteiger partial charge in [0, 0.05) is 27.2 Å². The highest BCUT2D eigenvalue weighted by Crippen LogP contribution is 2.08. The van der Waals surface area contributed by atoms with Crippen molar-refractivity contribution in [1.82, 2.24) is 13.9 Å². The van der Waals surface area contributed by atoms with Gasteiger partial charge in [-0.05, 0) is 32.4 Å². The van der Waals surface area contributed by atoms with E-state index in [9.17, 15) is 8.42 Å². The van der Waals surface area contributed by atoms with E-state index in [0.29, 0.717) is 19.0 Å². The van der Waals surface area contributed by atoms with Gasteiger partial charge in [0.1, 0.15) is 0 Å². The van der Waals surface area contributed by atoms with E-state index in [2.05, 4.69) is 19.2 Å².